The maximum atomic E-state index is 12.2. The predicted molar refractivity (Wildman–Crippen MR) is 96.0 cm³/mol. The van der Waals surface area contributed by atoms with Crippen LogP contribution in [0, 0.1) is 0 Å². The van der Waals surface area contributed by atoms with Gasteiger partial charge >= 0.3 is 10.2 Å². The van der Waals surface area contributed by atoms with E-state index in [9.17, 15) is 13.2 Å². The van der Waals surface area contributed by atoms with E-state index in [1.54, 1.807) is 36.4 Å². The first-order chi connectivity index (χ1) is 11.3. The van der Waals surface area contributed by atoms with Crippen molar-refractivity contribution in [2.24, 2.45) is 0 Å². The highest BCUT2D eigenvalue weighted by atomic mass is 35.5. The van der Waals surface area contributed by atoms with Gasteiger partial charge in [0.15, 0.2) is 0 Å². The topological polar surface area (TPSA) is 69.7 Å². The van der Waals surface area contributed by atoms with Crippen LogP contribution in [0.4, 0.5) is 17.1 Å². The normalized spacial score (nSPS) is 15.3. The van der Waals surface area contributed by atoms with Gasteiger partial charge in [-0.2, -0.15) is 8.42 Å². The number of carbonyl (C=O) groups is 1. The fraction of sp³-hybridized carbons (Fsp3) is 0.188. The molecular formula is C16H16ClN3O3S. The highest BCUT2D eigenvalue weighted by Crippen LogP contribution is 2.40. The summed E-state index contributed by atoms with van der Waals surface area (Å²) in [5.74, 6) is -0.222. The van der Waals surface area contributed by atoms with Crippen LogP contribution >= 0.6 is 11.6 Å². The van der Waals surface area contributed by atoms with Gasteiger partial charge in [0.05, 0.1) is 17.8 Å². The summed E-state index contributed by atoms with van der Waals surface area (Å²) < 4.78 is 26.6. The Morgan fingerprint density at radius 2 is 1.75 bits per heavy atom. The zero-order chi connectivity index (χ0) is 17.5. The van der Waals surface area contributed by atoms with Crippen LogP contribution in [0.3, 0.4) is 0 Å². The number of benzene rings is 2. The van der Waals surface area contributed by atoms with Crippen molar-refractivity contribution in [3.8, 4) is 0 Å². The van der Waals surface area contributed by atoms with Gasteiger partial charge in [-0.3, -0.25) is 13.4 Å². The molecule has 0 fully saturated rings. The molecule has 2 aromatic rings. The highest BCUT2D eigenvalue weighted by molar-refractivity contribution is 7.94. The number of fused-ring (bicyclic) bond motifs is 1. The molecule has 0 bridgehead atoms. The van der Waals surface area contributed by atoms with E-state index in [2.05, 4.69) is 5.32 Å². The van der Waals surface area contributed by atoms with E-state index in [1.165, 1.54) is 22.7 Å². The molecule has 6 nitrogen and oxygen atoms in total. The van der Waals surface area contributed by atoms with Gasteiger partial charge in [0, 0.05) is 24.8 Å². The molecule has 0 saturated carbocycles. The molecule has 1 heterocycles. The third kappa shape index (κ3) is 2.81. The molecule has 1 N–H and O–H groups in total. The van der Waals surface area contributed by atoms with Gasteiger partial charge < -0.3 is 5.32 Å². The van der Waals surface area contributed by atoms with Gasteiger partial charge in [-0.1, -0.05) is 29.8 Å². The first kappa shape index (κ1) is 16.6. The van der Waals surface area contributed by atoms with Gasteiger partial charge in [-0.25, -0.2) is 0 Å². The zero-order valence-electron chi connectivity index (χ0n) is 13.2. The Hall–Kier alpha value is -2.25. The predicted octanol–water partition coefficient (Wildman–Crippen LogP) is 2.65. The molecule has 8 heteroatoms. The third-order valence-corrected chi connectivity index (χ3v) is 6.09. The molecular weight excluding hydrogens is 350 g/mol. The number of anilines is 3. The first-order valence-electron chi connectivity index (χ1n) is 7.21. The van der Waals surface area contributed by atoms with Crippen molar-refractivity contribution < 1.29 is 13.2 Å². The number of nitrogens with zero attached hydrogens (tertiary/aromatic N) is 2. The van der Waals surface area contributed by atoms with Crippen molar-refractivity contribution in [2.45, 2.75) is 6.42 Å². The van der Waals surface area contributed by atoms with E-state index in [0.717, 1.165) is 5.56 Å². The van der Waals surface area contributed by atoms with Crippen LogP contribution in [0.25, 0.3) is 0 Å². The minimum Gasteiger partial charge on any atom is -0.326 e. The minimum absolute atomic E-state index is 0.144. The van der Waals surface area contributed by atoms with Gasteiger partial charge in [-0.15, -0.1) is 0 Å². The van der Waals surface area contributed by atoms with E-state index in [-0.39, 0.29) is 12.3 Å². The zero-order valence-corrected chi connectivity index (χ0v) is 14.7. The number of hydrogen-bond acceptors (Lipinski definition) is 3. The molecule has 1 aliphatic rings. The van der Waals surface area contributed by atoms with Gasteiger partial charge in [0.25, 0.3) is 0 Å². The van der Waals surface area contributed by atoms with Gasteiger partial charge in [0.1, 0.15) is 0 Å². The third-order valence-electron chi connectivity index (χ3n) is 3.94. The molecule has 126 valence electrons. The Kier molecular flexibility index (Phi) is 4.15. The summed E-state index contributed by atoms with van der Waals surface area (Å²) in [6.45, 7) is 0. The number of amides is 1. The summed E-state index contributed by atoms with van der Waals surface area (Å²) in [5, 5.41) is 3.31. The van der Waals surface area contributed by atoms with Gasteiger partial charge in [0.2, 0.25) is 5.91 Å². The van der Waals surface area contributed by atoms with Gasteiger partial charge in [-0.05, 0) is 29.8 Å². The molecule has 0 radical (unpaired) electrons. The summed E-state index contributed by atoms with van der Waals surface area (Å²) in [4.78, 5) is 12.2. The quantitative estimate of drug-likeness (QED) is 0.909. The second kappa shape index (κ2) is 5.99. The molecule has 0 aromatic heterocycles. The molecule has 0 unspecified atom stereocenters. The van der Waals surface area contributed by atoms with Crippen molar-refractivity contribution in [3.63, 3.8) is 0 Å². The van der Waals surface area contributed by atoms with Crippen LogP contribution < -0.4 is 13.9 Å². The molecule has 3 rings (SSSR count). The van der Waals surface area contributed by atoms with Crippen LogP contribution in [0.15, 0.2) is 42.5 Å². The smallest absolute Gasteiger partial charge is 0.326 e. The lowest BCUT2D eigenvalue weighted by Gasteiger charge is -2.13. The number of rotatable bonds is 3. The standard InChI is InChI=1S/C16H16ClN3O3S/c1-19-14-8-7-12(10-15(14)20(2)24(19,22)23)18-16(21)9-11-5-3-4-6-13(11)17/h3-8,10H,9H2,1-2H3,(H,18,21). The monoisotopic (exact) mass is 365 g/mol. The maximum absolute atomic E-state index is 12.2. The van der Waals surface area contributed by atoms with E-state index in [4.69, 9.17) is 11.6 Å². The van der Waals surface area contributed by atoms with Crippen molar-refractivity contribution in [3.05, 3.63) is 53.1 Å². The fourth-order valence-electron chi connectivity index (χ4n) is 2.57. The molecule has 1 aliphatic heterocycles. The van der Waals surface area contributed by atoms with E-state index in [1.807, 2.05) is 6.07 Å². The SMILES string of the molecule is CN1c2ccc(NC(=O)Cc3ccccc3Cl)cc2N(C)S1(=O)=O. The van der Waals surface area contributed by atoms with Crippen molar-refractivity contribution in [2.75, 3.05) is 28.0 Å². The van der Waals surface area contributed by atoms with Crippen LogP contribution in [-0.2, 0) is 21.4 Å². The Morgan fingerprint density at radius 1 is 1.08 bits per heavy atom. The molecule has 24 heavy (non-hydrogen) atoms. The number of halogens is 1. The van der Waals surface area contributed by atoms with Crippen LogP contribution in [0.1, 0.15) is 5.56 Å². The Morgan fingerprint density at radius 3 is 2.46 bits per heavy atom. The van der Waals surface area contributed by atoms with Crippen molar-refractivity contribution in [1.82, 2.24) is 0 Å². The van der Waals surface area contributed by atoms with Crippen LogP contribution in [0.2, 0.25) is 5.02 Å². The lowest BCUT2D eigenvalue weighted by Crippen LogP contribution is -2.32. The second-order valence-electron chi connectivity index (χ2n) is 5.46. The number of hydrogen-bond donors (Lipinski definition) is 1. The Bertz CT molecular complexity index is 915. The van der Waals surface area contributed by atoms with Crippen molar-refractivity contribution in [1.29, 1.82) is 0 Å². The second-order valence-corrected chi connectivity index (χ2v) is 7.86. The summed E-state index contributed by atoms with van der Waals surface area (Å²) >= 11 is 6.06. The summed E-state index contributed by atoms with van der Waals surface area (Å²) in [6.07, 6.45) is 0.144. The van der Waals surface area contributed by atoms with E-state index in [0.29, 0.717) is 22.1 Å². The Balaban J connectivity index is 1.80. The van der Waals surface area contributed by atoms with Crippen LogP contribution in [-0.4, -0.2) is 28.4 Å². The minimum atomic E-state index is -3.53. The van der Waals surface area contributed by atoms with E-state index >= 15 is 0 Å². The summed E-state index contributed by atoms with van der Waals surface area (Å²) in [6, 6.07) is 12.1. The molecule has 0 spiro atoms. The summed E-state index contributed by atoms with van der Waals surface area (Å²) in [5.41, 5.74) is 2.36. The maximum Gasteiger partial charge on any atom is 0.326 e. The van der Waals surface area contributed by atoms with Crippen LogP contribution in [0.5, 0.6) is 0 Å². The lowest BCUT2D eigenvalue weighted by molar-refractivity contribution is -0.115. The largest absolute Gasteiger partial charge is 0.326 e. The molecule has 2 aromatic carbocycles. The highest BCUT2D eigenvalue weighted by Gasteiger charge is 2.35. The number of carbonyl (C=O) groups excluding carboxylic acids is 1. The lowest BCUT2D eigenvalue weighted by atomic mass is 10.1. The fourth-order valence-corrected chi connectivity index (χ4v) is 3.94. The molecule has 0 saturated heterocycles. The molecule has 0 atom stereocenters. The average molecular weight is 366 g/mol. The number of nitrogens with one attached hydrogen (secondary N) is 1. The van der Waals surface area contributed by atoms with Crippen molar-refractivity contribution >= 4 is 44.8 Å². The summed E-state index contributed by atoms with van der Waals surface area (Å²) in [7, 11) is -0.553. The molecule has 0 aliphatic carbocycles. The Labute approximate surface area is 145 Å². The first-order valence-corrected chi connectivity index (χ1v) is 8.98. The van der Waals surface area contributed by atoms with E-state index < -0.39 is 10.2 Å². The molecule has 1 amide bonds. The average Bonchev–Trinajstić information content (AvgIpc) is 2.71.